The number of hydrogen-bond acceptors (Lipinski definition) is 3. The maximum atomic E-state index is 11.8. The number of halogens is 3. The van der Waals surface area contributed by atoms with Crippen molar-refractivity contribution in [3.05, 3.63) is 24.0 Å². The Morgan fingerprint density at radius 1 is 1.47 bits per heavy atom. The molecule has 0 saturated carbocycles. The van der Waals surface area contributed by atoms with Gasteiger partial charge in [0.1, 0.15) is 6.07 Å². The van der Waals surface area contributed by atoms with Crippen LogP contribution in [0.3, 0.4) is 0 Å². The largest absolute Gasteiger partial charge is 0.490 e. The Labute approximate surface area is 84.1 Å². The summed E-state index contributed by atoms with van der Waals surface area (Å²) in [6.07, 6.45) is -3.93. The summed E-state index contributed by atoms with van der Waals surface area (Å²) in [5, 5.41) is 8.56. The van der Waals surface area contributed by atoms with Gasteiger partial charge >= 0.3 is 6.18 Å². The van der Waals surface area contributed by atoms with E-state index in [0.717, 1.165) is 0 Å². The lowest BCUT2D eigenvalue weighted by atomic mass is 10.3. The molecule has 0 aromatic carbocycles. The molecule has 0 radical (unpaired) electrons. The molecule has 0 bridgehead atoms. The number of ether oxygens (including phenoxy) is 1. The zero-order valence-electron chi connectivity index (χ0n) is 7.58. The first-order valence-electron chi connectivity index (χ1n) is 4.07. The molecule has 6 heteroatoms. The Morgan fingerprint density at radius 2 is 2.20 bits per heavy atom. The highest BCUT2D eigenvalue weighted by atomic mass is 19.4. The lowest BCUT2D eigenvalue weighted by Crippen LogP contribution is -2.13. The highest BCUT2D eigenvalue weighted by Crippen LogP contribution is 2.21. The molecule has 80 valence electrons. The van der Waals surface area contributed by atoms with Gasteiger partial charge in [0.25, 0.3) is 0 Å². The Balaban J connectivity index is 2.55. The fraction of sp³-hybridized carbons (Fsp3) is 0.333. The lowest BCUT2D eigenvalue weighted by Gasteiger charge is -2.08. The van der Waals surface area contributed by atoms with E-state index in [1.54, 1.807) is 6.07 Å². The highest BCUT2D eigenvalue weighted by Gasteiger charge is 2.27. The maximum Gasteiger partial charge on any atom is 0.392 e. The molecule has 1 aromatic heterocycles. The second-order valence-electron chi connectivity index (χ2n) is 2.68. The summed E-state index contributed by atoms with van der Waals surface area (Å²) in [6.45, 7) is -0.510. The standard InChI is InChI=1S/C9H7F3N2O/c10-9(11,12)3-5-15-8-2-1-4-14-7(8)6-13/h1-2,4H,3,5H2. The monoisotopic (exact) mass is 216 g/mol. The lowest BCUT2D eigenvalue weighted by molar-refractivity contribution is -0.139. The van der Waals surface area contributed by atoms with Crippen LogP contribution in [0.2, 0.25) is 0 Å². The van der Waals surface area contributed by atoms with Crippen molar-refractivity contribution in [2.24, 2.45) is 0 Å². The van der Waals surface area contributed by atoms with E-state index in [2.05, 4.69) is 4.98 Å². The molecule has 0 amide bonds. The zero-order chi connectivity index (χ0) is 11.3. The molecule has 0 fully saturated rings. The van der Waals surface area contributed by atoms with Gasteiger partial charge in [0, 0.05) is 6.20 Å². The maximum absolute atomic E-state index is 11.8. The minimum atomic E-state index is -4.25. The van der Waals surface area contributed by atoms with E-state index in [1.165, 1.54) is 18.3 Å². The Morgan fingerprint density at radius 3 is 2.80 bits per heavy atom. The van der Waals surface area contributed by atoms with Gasteiger partial charge in [-0.25, -0.2) is 4.98 Å². The second kappa shape index (κ2) is 4.64. The molecule has 0 spiro atoms. The van der Waals surface area contributed by atoms with Crippen LogP contribution in [0.1, 0.15) is 12.1 Å². The van der Waals surface area contributed by atoms with Crippen molar-refractivity contribution in [1.29, 1.82) is 5.26 Å². The molecule has 0 aliphatic rings. The smallest absolute Gasteiger partial charge is 0.392 e. The van der Waals surface area contributed by atoms with Crippen LogP contribution in [0.4, 0.5) is 13.2 Å². The minimum Gasteiger partial charge on any atom is -0.490 e. The zero-order valence-corrected chi connectivity index (χ0v) is 7.58. The van der Waals surface area contributed by atoms with Gasteiger partial charge in [-0.05, 0) is 12.1 Å². The molecule has 0 saturated heterocycles. The van der Waals surface area contributed by atoms with Crippen molar-refractivity contribution in [2.45, 2.75) is 12.6 Å². The predicted molar refractivity (Wildman–Crippen MR) is 45.1 cm³/mol. The van der Waals surface area contributed by atoms with Crippen molar-refractivity contribution >= 4 is 0 Å². The topological polar surface area (TPSA) is 45.9 Å². The van der Waals surface area contributed by atoms with E-state index in [0.29, 0.717) is 0 Å². The molecule has 0 aliphatic carbocycles. The van der Waals surface area contributed by atoms with Crippen LogP contribution in [-0.2, 0) is 0 Å². The Kier molecular flexibility index (Phi) is 3.50. The van der Waals surface area contributed by atoms with Crippen LogP contribution in [0, 0.1) is 11.3 Å². The quantitative estimate of drug-likeness (QED) is 0.778. The summed E-state index contributed by atoms with van der Waals surface area (Å²) < 4.78 is 40.1. The summed E-state index contributed by atoms with van der Waals surface area (Å²) in [5.74, 6) is 0.0734. The minimum absolute atomic E-state index is 0.0142. The summed E-state index contributed by atoms with van der Waals surface area (Å²) in [6, 6.07) is 4.62. The number of nitrogens with zero attached hydrogens (tertiary/aromatic N) is 2. The molecule has 3 nitrogen and oxygen atoms in total. The summed E-state index contributed by atoms with van der Waals surface area (Å²) in [7, 11) is 0. The van der Waals surface area contributed by atoms with Gasteiger partial charge in [0.05, 0.1) is 13.0 Å². The number of alkyl halides is 3. The molecule has 15 heavy (non-hydrogen) atoms. The van der Waals surface area contributed by atoms with Crippen LogP contribution in [0.25, 0.3) is 0 Å². The predicted octanol–water partition coefficient (Wildman–Crippen LogP) is 2.28. The SMILES string of the molecule is N#Cc1ncccc1OCCC(F)(F)F. The van der Waals surface area contributed by atoms with Crippen molar-refractivity contribution in [3.63, 3.8) is 0 Å². The summed E-state index contributed by atoms with van der Waals surface area (Å²) >= 11 is 0. The molecule has 1 heterocycles. The third-order valence-corrected chi connectivity index (χ3v) is 1.52. The van der Waals surface area contributed by atoms with Gasteiger partial charge in [-0.2, -0.15) is 18.4 Å². The third kappa shape index (κ3) is 3.85. The van der Waals surface area contributed by atoms with E-state index in [-0.39, 0.29) is 11.4 Å². The number of nitriles is 1. The highest BCUT2D eigenvalue weighted by molar-refractivity contribution is 5.36. The molecule has 1 rings (SSSR count). The Bertz CT molecular complexity index is 370. The van der Waals surface area contributed by atoms with Gasteiger partial charge in [0.15, 0.2) is 11.4 Å². The molecule has 0 atom stereocenters. The molecule has 0 unspecified atom stereocenters. The van der Waals surface area contributed by atoms with Crippen LogP contribution in [-0.4, -0.2) is 17.8 Å². The van der Waals surface area contributed by atoms with E-state index < -0.39 is 19.2 Å². The average molecular weight is 216 g/mol. The average Bonchev–Trinajstić information content (AvgIpc) is 2.16. The molecular formula is C9H7F3N2O. The third-order valence-electron chi connectivity index (χ3n) is 1.52. The van der Waals surface area contributed by atoms with E-state index in [9.17, 15) is 13.2 Å². The molecule has 1 aromatic rings. The fourth-order valence-corrected chi connectivity index (χ4v) is 0.868. The summed E-state index contributed by atoms with van der Waals surface area (Å²) in [4.78, 5) is 3.64. The van der Waals surface area contributed by atoms with Gasteiger partial charge in [-0.3, -0.25) is 0 Å². The van der Waals surface area contributed by atoms with Crippen LogP contribution < -0.4 is 4.74 Å². The first-order valence-corrected chi connectivity index (χ1v) is 4.07. The normalized spacial score (nSPS) is 10.8. The van der Waals surface area contributed by atoms with E-state index in [1.807, 2.05) is 0 Å². The van der Waals surface area contributed by atoms with Crippen molar-refractivity contribution in [1.82, 2.24) is 4.98 Å². The van der Waals surface area contributed by atoms with Crippen LogP contribution in [0.15, 0.2) is 18.3 Å². The fourth-order valence-electron chi connectivity index (χ4n) is 0.868. The number of hydrogen-bond donors (Lipinski definition) is 0. The van der Waals surface area contributed by atoms with Crippen molar-refractivity contribution in [3.8, 4) is 11.8 Å². The molecule has 0 N–H and O–H groups in total. The van der Waals surface area contributed by atoms with Crippen LogP contribution >= 0.6 is 0 Å². The number of aromatic nitrogens is 1. The van der Waals surface area contributed by atoms with Gasteiger partial charge < -0.3 is 4.74 Å². The molecular weight excluding hydrogens is 209 g/mol. The Hall–Kier alpha value is -1.77. The first-order chi connectivity index (χ1) is 7.03. The van der Waals surface area contributed by atoms with Crippen molar-refractivity contribution < 1.29 is 17.9 Å². The van der Waals surface area contributed by atoms with E-state index in [4.69, 9.17) is 10.00 Å². The number of pyridine rings is 1. The second-order valence-corrected chi connectivity index (χ2v) is 2.68. The molecule has 0 aliphatic heterocycles. The summed E-state index contributed by atoms with van der Waals surface area (Å²) in [5.41, 5.74) is -0.0142. The first kappa shape index (κ1) is 11.3. The van der Waals surface area contributed by atoms with Crippen molar-refractivity contribution in [2.75, 3.05) is 6.61 Å². The number of rotatable bonds is 3. The van der Waals surface area contributed by atoms with Gasteiger partial charge in [0.2, 0.25) is 0 Å². The van der Waals surface area contributed by atoms with Gasteiger partial charge in [-0.15, -0.1) is 0 Å². The van der Waals surface area contributed by atoms with Gasteiger partial charge in [-0.1, -0.05) is 0 Å². The van der Waals surface area contributed by atoms with E-state index >= 15 is 0 Å². The van der Waals surface area contributed by atoms with Crippen LogP contribution in [0.5, 0.6) is 5.75 Å².